The van der Waals surface area contributed by atoms with Gasteiger partial charge in [0, 0.05) is 6.54 Å². The summed E-state index contributed by atoms with van der Waals surface area (Å²) < 4.78 is 32.0. The van der Waals surface area contributed by atoms with Crippen LogP contribution in [0.1, 0.15) is 37.5 Å². The number of sulfonamides is 1. The number of nitrogens with one attached hydrogen (secondary N) is 1. The van der Waals surface area contributed by atoms with Crippen molar-refractivity contribution in [2.75, 3.05) is 17.1 Å². The van der Waals surface area contributed by atoms with Gasteiger partial charge in [-0.3, -0.25) is 9.10 Å². The third-order valence-electron chi connectivity index (χ3n) is 4.97. The number of hydrogen-bond donors (Lipinski definition) is 1. The molecule has 2 aromatic rings. The van der Waals surface area contributed by atoms with E-state index in [1.807, 2.05) is 43.3 Å². The Morgan fingerprint density at radius 3 is 2.41 bits per heavy atom. The van der Waals surface area contributed by atoms with E-state index in [0.29, 0.717) is 18.0 Å². The number of benzene rings is 2. The third kappa shape index (κ3) is 4.90. The summed E-state index contributed by atoms with van der Waals surface area (Å²) in [6, 6.07) is 13.3. The van der Waals surface area contributed by atoms with Gasteiger partial charge in [-0.15, -0.1) is 0 Å². The molecule has 1 aliphatic rings. The zero-order valence-electron chi connectivity index (χ0n) is 17.5. The van der Waals surface area contributed by atoms with E-state index in [1.165, 1.54) is 4.31 Å². The first-order valence-electron chi connectivity index (χ1n) is 9.57. The molecule has 0 aromatic heterocycles. The molecule has 0 saturated carbocycles. The normalized spacial score (nSPS) is 16.7. The number of hydrogen-bond acceptors (Lipinski definition) is 4. The molecule has 29 heavy (non-hydrogen) atoms. The molecule has 0 bridgehead atoms. The summed E-state index contributed by atoms with van der Waals surface area (Å²) in [5.41, 5.74) is 3.44. The monoisotopic (exact) mass is 416 g/mol. The second-order valence-corrected chi connectivity index (χ2v) is 10.4. The van der Waals surface area contributed by atoms with Gasteiger partial charge < -0.3 is 10.1 Å². The predicted octanol–water partition coefficient (Wildman–Crippen LogP) is 3.14. The van der Waals surface area contributed by atoms with Crippen LogP contribution in [0.4, 0.5) is 5.69 Å². The number of rotatable bonds is 4. The van der Waals surface area contributed by atoms with Crippen molar-refractivity contribution in [1.82, 2.24) is 5.32 Å². The fourth-order valence-electron chi connectivity index (χ4n) is 3.18. The molecule has 0 aliphatic carbocycles. The van der Waals surface area contributed by atoms with Crippen LogP contribution in [0.25, 0.3) is 0 Å². The molecule has 0 unspecified atom stereocenters. The lowest BCUT2D eigenvalue weighted by molar-refractivity contribution is -0.127. The average Bonchev–Trinajstić information content (AvgIpc) is 2.64. The Balaban J connectivity index is 1.82. The molecule has 0 saturated heterocycles. The molecular weight excluding hydrogens is 388 g/mol. The average molecular weight is 417 g/mol. The van der Waals surface area contributed by atoms with E-state index in [9.17, 15) is 13.2 Å². The smallest absolute Gasteiger partial charge is 0.263 e. The maximum atomic E-state index is 12.7. The van der Waals surface area contributed by atoms with Gasteiger partial charge in [0.15, 0.2) is 6.10 Å². The Morgan fingerprint density at radius 1 is 1.17 bits per heavy atom. The van der Waals surface area contributed by atoms with E-state index in [4.69, 9.17) is 4.74 Å². The number of anilines is 1. The van der Waals surface area contributed by atoms with Gasteiger partial charge in [-0.1, -0.05) is 56.7 Å². The zero-order valence-corrected chi connectivity index (χ0v) is 18.3. The van der Waals surface area contributed by atoms with Gasteiger partial charge in [-0.2, -0.15) is 0 Å². The maximum Gasteiger partial charge on any atom is 0.263 e. The van der Waals surface area contributed by atoms with Crippen molar-refractivity contribution in [1.29, 1.82) is 0 Å². The van der Waals surface area contributed by atoms with Crippen LogP contribution in [0.15, 0.2) is 42.5 Å². The molecule has 1 heterocycles. The molecule has 0 radical (unpaired) electrons. The van der Waals surface area contributed by atoms with Crippen LogP contribution in [-0.4, -0.2) is 33.2 Å². The largest absolute Gasteiger partial charge is 0.476 e. The molecule has 1 aliphatic heterocycles. The quantitative estimate of drug-likeness (QED) is 0.831. The fraction of sp³-hybridized carbons (Fsp3) is 0.409. The molecule has 1 N–H and O–H groups in total. The van der Waals surface area contributed by atoms with Crippen LogP contribution in [0.3, 0.4) is 0 Å². The first kappa shape index (κ1) is 21.2. The molecule has 0 spiro atoms. The van der Waals surface area contributed by atoms with E-state index in [2.05, 4.69) is 26.1 Å². The molecule has 2 aromatic carbocycles. The van der Waals surface area contributed by atoms with Crippen molar-refractivity contribution >= 4 is 21.6 Å². The first-order valence-corrected chi connectivity index (χ1v) is 11.4. The molecule has 3 rings (SSSR count). The van der Waals surface area contributed by atoms with Crippen LogP contribution >= 0.6 is 0 Å². The highest BCUT2D eigenvalue weighted by Crippen LogP contribution is 2.38. The van der Waals surface area contributed by atoms with Crippen molar-refractivity contribution < 1.29 is 17.9 Å². The van der Waals surface area contributed by atoms with E-state index < -0.39 is 16.1 Å². The van der Waals surface area contributed by atoms with E-state index in [0.717, 1.165) is 22.9 Å². The van der Waals surface area contributed by atoms with Gasteiger partial charge in [-0.25, -0.2) is 8.42 Å². The number of ether oxygens (including phenoxy) is 1. The van der Waals surface area contributed by atoms with Gasteiger partial charge in [-0.05, 0) is 35.6 Å². The van der Waals surface area contributed by atoms with E-state index >= 15 is 0 Å². The summed E-state index contributed by atoms with van der Waals surface area (Å²) in [5.74, 6) is 0.0509. The lowest BCUT2D eigenvalue weighted by Crippen LogP contribution is -2.50. The van der Waals surface area contributed by atoms with E-state index in [-0.39, 0.29) is 17.9 Å². The maximum absolute atomic E-state index is 12.7. The van der Waals surface area contributed by atoms with Gasteiger partial charge in [0.25, 0.3) is 5.91 Å². The van der Waals surface area contributed by atoms with Gasteiger partial charge in [0.2, 0.25) is 10.0 Å². The summed E-state index contributed by atoms with van der Waals surface area (Å²) in [7, 11) is -3.57. The van der Waals surface area contributed by atoms with Crippen LogP contribution < -0.4 is 14.4 Å². The minimum absolute atomic E-state index is 0.0564. The van der Waals surface area contributed by atoms with Crippen LogP contribution in [-0.2, 0) is 26.8 Å². The van der Waals surface area contributed by atoms with Gasteiger partial charge in [0.1, 0.15) is 5.75 Å². The van der Waals surface area contributed by atoms with Crippen LogP contribution in [0.5, 0.6) is 5.75 Å². The SMILES string of the molecule is Cc1ccc(CNC(=O)[C@H]2CN(S(C)(=O)=O)c3cc(C(C)(C)C)ccc3O2)cc1. The lowest BCUT2D eigenvalue weighted by atomic mass is 9.86. The number of carbonyl (C=O) groups excluding carboxylic acids is 1. The first-order chi connectivity index (χ1) is 13.4. The summed E-state index contributed by atoms with van der Waals surface area (Å²) in [5, 5.41) is 2.84. The second-order valence-electron chi connectivity index (χ2n) is 8.54. The lowest BCUT2D eigenvalue weighted by Gasteiger charge is -2.35. The van der Waals surface area contributed by atoms with Gasteiger partial charge >= 0.3 is 0 Å². The Bertz CT molecular complexity index is 1010. The standard InChI is InChI=1S/C22H28N2O4S/c1-15-6-8-16(9-7-15)13-23-21(25)20-14-24(29(5,26)27)18-12-17(22(2,3)4)10-11-19(18)28-20/h6-12,20H,13-14H2,1-5H3,(H,23,25)/t20-/m1/s1. The minimum atomic E-state index is -3.57. The summed E-state index contributed by atoms with van der Waals surface area (Å²) in [6.07, 6.45) is 0.232. The van der Waals surface area contributed by atoms with Crippen molar-refractivity contribution in [2.24, 2.45) is 0 Å². The molecule has 7 heteroatoms. The summed E-state index contributed by atoms with van der Waals surface area (Å²) >= 11 is 0. The predicted molar refractivity (Wildman–Crippen MR) is 115 cm³/mol. The topological polar surface area (TPSA) is 75.7 Å². The third-order valence-corrected chi connectivity index (χ3v) is 6.12. The summed E-state index contributed by atoms with van der Waals surface area (Å²) in [6.45, 7) is 8.48. The highest BCUT2D eigenvalue weighted by Gasteiger charge is 2.35. The molecule has 0 fully saturated rings. The molecular formula is C22H28N2O4S. The van der Waals surface area contributed by atoms with Crippen LogP contribution in [0.2, 0.25) is 0 Å². The Hall–Kier alpha value is -2.54. The fourth-order valence-corrected chi connectivity index (χ4v) is 4.08. The van der Waals surface area contributed by atoms with Crippen molar-refractivity contribution in [2.45, 2.75) is 45.8 Å². The summed E-state index contributed by atoms with van der Waals surface area (Å²) in [4.78, 5) is 12.7. The highest BCUT2D eigenvalue weighted by molar-refractivity contribution is 7.92. The number of amides is 1. The van der Waals surface area contributed by atoms with E-state index in [1.54, 1.807) is 6.07 Å². The van der Waals surface area contributed by atoms with Crippen molar-refractivity contribution in [3.63, 3.8) is 0 Å². The Kier molecular flexibility index (Phi) is 5.63. The molecule has 1 atom stereocenters. The number of fused-ring (bicyclic) bond motifs is 1. The van der Waals surface area contributed by atoms with Crippen molar-refractivity contribution in [3.8, 4) is 5.75 Å². The molecule has 6 nitrogen and oxygen atoms in total. The van der Waals surface area contributed by atoms with Crippen LogP contribution in [0, 0.1) is 6.92 Å². The Labute approximate surface area is 172 Å². The number of nitrogens with zero attached hydrogens (tertiary/aromatic N) is 1. The van der Waals surface area contributed by atoms with Crippen molar-refractivity contribution in [3.05, 3.63) is 59.2 Å². The molecule has 1 amide bonds. The second kappa shape index (κ2) is 7.71. The zero-order chi connectivity index (χ0) is 21.4. The molecule has 156 valence electrons. The Morgan fingerprint density at radius 2 is 1.83 bits per heavy atom. The number of aryl methyl sites for hydroxylation is 1. The highest BCUT2D eigenvalue weighted by atomic mass is 32.2. The van der Waals surface area contributed by atoms with Gasteiger partial charge in [0.05, 0.1) is 18.5 Å². The minimum Gasteiger partial charge on any atom is -0.476 e. The number of carbonyl (C=O) groups is 1.